The van der Waals surface area contributed by atoms with E-state index in [-0.39, 0.29) is 28.6 Å². The van der Waals surface area contributed by atoms with E-state index in [0.717, 1.165) is 22.1 Å². The monoisotopic (exact) mass is 445 g/mol. The second kappa shape index (κ2) is 9.01. The Morgan fingerprint density at radius 1 is 1.13 bits per heavy atom. The summed E-state index contributed by atoms with van der Waals surface area (Å²) in [4.78, 5) is 35.9. The number of aryl methyl sites for hydroxylation is 1. The van der Waals surface area contributed by atoms with Crippen molar-refractivity contribution in [1.82, 2.24) is 24.0 Å². The van der Waals surface area contributed by atoms with Crippen molar-refractivity contribution in [1.29, 1.82) is 0 Å². The van der Waals surface area contributed by atoms with E-state index in [2.05, 4.69) is 9.97 Å². The number of carbonyl (C=O) groups excluding carboxylic acids is 1. The quantitative estimate of drug-likeness (QED) is 0.517. The van der Waals surface area contributed by atoms with Crippen LogP contribution in [0.2, 0.25) is 0 Å². The van der Waals surface area contributed by atoms with Crippen molar-refractivity contribution in [3.8, 4) is 0 Å². The molecule has 1 aromatic carbocycles. The van der Waals surface area contributed by atoms with E-state index < -0.39 is 21.6 Å². The van der Waals surface area contributed by atoms with E-state index in [1.165, 1.54) is 15.7 Å². The fourth-order valence-electron chi connectivity index (χ4n) is 3.34. The van der Waals surface area contributed by atoms with Crippen LogP contribution in [0.15, 0.2) is 40.4 Å². The molecule has 0 aliphatic carbocycles. The summed E-state index contributed by atoms with van der Waals surface area (Å²) in [7, 11) is -2.07. The molecule has 0 saturated carbocycles. The molecule has 3 rings (SSSR count). The van der Waals surface area contributed by atoms with Gasteiger partial charge in [0.15, 0.2) is 5.65 Å². The van der Waals surface area contributed by atoms with Crippen molar-refractivity contribution < 1.29 is 13.2 Å². The van der Waals surface area contributed by atoms with Crippen LogP contribution in [0.5, 0.6) is 0 Å². The van der Waals surface area contributed by atoms with Crippen molar-refractivity contribution in [3.63, 3.8) is 0 Å². The van der Waals surface area contributed by atoms with Gasteiger partial charge in [-0.05, 0) is 25.3 Å². The van der Waals surface area contributed by atoms with E-state index in [9.17, 15) is 18.0 Å². The van der Waals surface area contributed by atoms with Gasteiger partial charge in [-0.2, -0.15) is 4.98 Å². The molecule has 0 bridgehead atoms. The smallest absolute Gasteiger partial charge is 0.327 e. The van der Waals surface area contributed by atoms with Gasteiger partial charge in [0.25, 0.3) is 0 Å². The van der Waals surface area contributed by atoms with Crippen LogP contribution in [-0.2, 0) is 16.4 Å². The number of nitrogens with zero attached hydrogens (tertiary/aromatic N) is 5. The maximum absolute atomic E-state index is 13.3. The summed E-state index contributed by atoms with van der Waals surface area (Å²) < 4.78 is 27.3. The number of hydrogen-bond acceptors (Lipinski definition) is 6. The molecule has 166 valence electrons. The zero-order valence-electron chi connectivity index (χ0n) is 18.2. The SMILES string of the molecule is CCCN(C)C(=O)n1c(=O)n(Cc2ccc(C)cc2)c2nc(S(=O)(=O)CCC)ncc21. The lowest BCUT2D eigenvalue weighted by molar-refractivity contribution is 0.210. The Morgan fingerprint density at radius 3 is 2.42 bits per heavy atom. The van der Waals surface area contributed by atoms with Crippen molar-refractivity contribution in [2.24, 2.45) is 0 Å². The number of carbonyl (C=O) groups is 1. The number of amides is 1. The molecule has 0 aliphatic heterocycles. The molecule has 0 fully saturated rings. The topological polar surface area (TPSA) is 107 Å². The average molecular weight is 446 g/mol. The summed E-state index contributed by atoms with van der Waals surface area (Å²) in [6.45, 7) is 6.27. The second-order valence-electron chi connectivity index (χ2n) is 7.57. The number of sulfone groups is 1. The Kier molecular flexibility index (Phi) is 6.59. The first kappa shape index (κ1) is 22.7. The number of rotatable bonds is 7. The van der Waals surface area contributed by atoms with Crippen LogP contribution in [0.4, 0.5) is 4.79 Å². The lowest BCUT2D eigenvalue weighted by Crippen LogP contribution is -2.38. The maximum Gasteiger partial charge on any atom is 0.339 e. The van der Waals surface area contributed by atoms with Crippen molar-refractivity contribution in [2.75, 3.05) is 19.3 Å². The fourth-order valence-corrected chi connectivity index (χ4v) is 4.50. The molecule has 3 aromatic rings. The first-order chi connectivity index (χ1) is 14.7. The van der Waals surface area contributed by atoms with E-state index in [0.29, 0.717) is 13.0 Å². The largest absolute Gasteiger partial charge is 0.339 e. The highest BCUT2D eigenvalue weighted by atomic mass is 32.2. The standard InChI is InChI=1S/C21H27N5O4S/c1-5-11-24(4)20(27)26-17-13-22-19(31(29,30)12-6-2)23-18(17)25(21(26)28)14-16-9-7-15(3)8-10-16/h7-10,13H,5-6,11-12,14H2,1-4H3. The first-order valence-electron chi connectivity index (χ1n) is 10.2. The van der Waals surface area contributed by atoms with E-state index in [4.69, 9.17) is 0 Å². The Labute approximate surface area is 181 Å². The maximum atomic E-state index is 13.3. The van der Waals surface area contributed by atoms with Crippen LogP contribution in [0.3, 0.4) is 0 Å². The number of fused-ring (bicyclic) bond motifs is 1. The van der Waals surface area contributed by atoms with Crippen molar-refractivity contribution in [3.05, 3.63) is 52.1 Å². The number of aromatic nitrogens is 4. The zero-order valence-corrected chi connectivity index (χ0v) is 19.0. The van der Waals surface area contributed by atoms with Gasteiger partial charge in [0, 0.05) is 13.6 Å². The molecule has 2 aromatic heterocycles. The minimum atomic E-state index is -3.69. The van der Waals surface area contributed by atoms with E-state index in [1.54, 1.807) is 14.0 Å². The zero-order chi connectivity index (χ0) is 22.8. The molecule has 0 unspecified atom stereocenters. The number of hydrogen-bond donors (Lipinski definition) is 0. The summed E-state index contributed by atoms with van der Waals surface area (Å²) in [5.74, 6) is -0.0976. The van der Waals surface area contributed by atoms with E-state index in [1.807, 2.05) is 38.1 Å². The molecule has 2 heterocycles. The van der Waals surface area contributed by atoms with Crippen LogP contribution in [0, 0.1) is 6.92 Å². The minimum absolute atomic E-state index is 0.0976. The fraction of sp³-hybridized carbons (Fsp3) is 0.429. The third-order valence-corrected chi connectivity index (χ3v) is 6.63. The second-order valence-corrected chi connectivity index (χ2v) is 9.58. The summed E-state index contributed by atoms with van der Waals surface area (Å²) in [6.07, 6.45) is 2.39. The minimum Gasteiger partial charge on any atom is -0.327 e. The predicted molar refractivity (Wildman–Crippen MR) is 118 cm³/mol. The molecule has 0 aliphatic rings. The molecule has 0 radical (unpaired) electrons. The summed E-state index contributed by atoms with van der Waals surface area (Å²) in [5.41, 5.74) is 1.62. The molecular weight excluding hydrogens is 418 g/mol. The third kappa shape index (κ3) is 4.53. The highest BCUT2D eigenvalue weighted by molar-refractivity contribution is 7.91. The van der Waals surface area contributed by atoms with Crippen LogP contribution in [-0.4, -0.2) is 57.8 Å². The normalized spacial score (nSPS) is 11.7. The molecular formula is C21H27N5O4S. The van der Waals surface area contributed by atoms with Gasteiger partial charge in [-0.15, -0.1) is 0 Å². The van der Waals surface area contributed by atoms with E-state index >= 15 is 0 Å². The highest BCUT2D eigenvalue weighted by Gasteiger charge is 2.25. The molecule has 0 saturated heterocycles. The van der Waals surface area contributed by atoms with Gasteiger partial charge in [0.1, 0.15) is 5.52 Å². The lowest BCUT2D eigenvalue weighted by Gasteiger charge is -2.15. The Bertz CT molecular complexity index is 1260. The molecule has 9 nitrogen and oxygen atoms in total. The summed E-state index contributed by atoms with van der Waals surface area (Å²) in [5, 5.41) is -0.342. The average Bonchev–Trinajstić information content (AvgIpc) is 3.00. The van der Waals surface area contributed by atoms with Crippen molar-refractivity contribution in [2.45, 2.75) is 45.3 Å². The van der Waals surface area contributed by atoms with Crippen LogP contribution >= 0.6 is 0 Å². The molecule has 0 atom stereocenters. The predicted octanol–water partition coefficient (Wildman–Crippen LogP) is 2.44. The summed E-state index contributed by atoms with van der Waals surface area (Å²) in [6, 6.07) is 7.10. The Morgan fingerprint density at radius 2 is 1.81 bits per heavy atom. The molecule has 0 N–H and O–H groups in total. The highest BCUT2D eigenvalue weighted by Crippen LogP contribution is 2.16. The van der Waals surface area contributed by atoms with Crippen LogP contribution in [0.1, 0.15) is 37.8 Å². The molecule has 31 heavy (non-hydrogen) atoms. The van der Waals surface area contributed by atoms with Gasteiger partial charge in [-0.3, -0.25) is 4.57 Å². The number of imidazole rings is 1. The van der Waals surface area contributed by atoms with Crippen LogP contribution < -0.4 is 5.69 Å². The van der Waals surface area contributed by atoms with Gasteiger partial charge in [-0.25, -0.2) is 27.6 Å². The lowest BCUT2D eigenvalue weighted by atomic mass is 10.1. The van der Waals surface area contributed by atoms with Gasteiger partial charge < -0.3 is 4.90 Å². The van der Waals surface area contributed by atoms with Gasteiger partial charge in [0.05, 0.1) is 18.5 Å². The molecule has 1 amide bonds. The Hall–Kier alpha value is -3.01. The van der Waals surface area contributed by atoms with Crippen LogP contribution in [0.25, 0.3) is 11.2 Å². The number of benzene rings is 1. The molecule has 10 heteroatoms. The molecule has 0 spiro atoms. The first-order valence-corrected chi connectivity index (χ1v) is 11.9. The van der Waals surface area contributed by atoms with Gasteiger partial charge in [0.2, 0.25) is 15.0 Å². The Balaban J connectivity index is 2.23. The third-order valence-electron chi connectivity index (χ3n) is 4.94. The van der Waals surface area contributed by atoms with Gasteiger partial charge in [-0.1, -0.05) is 43.7 Å². The van der Waals surface area contributed by atoms with Crippen molar-refractivity contribution >= 4 is 27.0 Å². The summed E-state index contributed by atoms with van der Waals surface area (Å²) >= 11 is 0. The van der Waals surface area contributed by atoms with Gasteiger partial charge >= 0.3 is 11.7 Å².